The van der Waals surface area contributed by atoms with Crippen molar-refractivity contribution in [2.75, 3.05) is 14.2 Å². The number of ether oxygens (including phenoxy) is 2. The number of aromatic nitrogens is 1. The van der Waals surface area contributed by atoms with E-state index in [9.17, 15) is 0 Å². The van der Waals surface area contributed by atoms with E-state index in [2.05, 4.69) is 38.2 Å². The molecule has 0 aliphatic rings. The maximum Gasteiger partial charge on any atom is 0.132 e. The van der Waals surface area contributed by atoms with Gasteiger partial charge < -0.3 is 19.7 Å². The van der Waals surface area contributed by atoms with Crippen molar-refractivity contribution in [3.8, 4) is 22.6 Å². The normalized spacial score (nSPS) is 11.4. The van der Waals surface area contributed by atoms with Crippen LogP contribution in [0.1, 0.15) is 11.3 Å². The number of hydrogen-bond acceptors (Lipinski definition) is 4. The second kappa shape index (κ2) is 7.19. The summed E-state index contributed by atoms with van der Waals surface area (Å²) in [5.41, 5.74) is 5.06. The highest BCUT2D eigenvalue weighted by Crippen LogP contribution is 2.43. The van der Waals surface area contributed by atoms with Gasteiger partial charge in [-0.15, -0.1) is 5.16 Å². The number of nitrogens with zero attached hydrogens (tertiary/aromatic N) is 1. The summed E-state index contributed by atoms with van der Waals surface area (Å²) in [4.78, 5) is 3.45. The Kier molecular flexibility index (Phi) is 4.99. The van der Waals surface area contributed by atoms with E-state index in [-0.39, 0.29) is 0 Å². The zero-order valence-electron chi connectivity index (χ0n) is 14.3. The van der Waals surface area contributed by atoms with Crippen LogP contribution in [0.15, 0.2) is 40.0 Å². The molecule has 0 atom stereocenters. The van der Waals surface area contributed by atoms with Gasteiger partial charge in [-0.25, -0.2) is 0 Å². The molecule has 2 aromatic carbocycles. The molecular formula is C19H19BrN2O3. The minimum absolute atomic E-state index is 0.444. The molecule has 6 heteroatoms. The summed E-state index contributed by atoms with van der Waals surface area (Å²) in [6.45, 7) is 2.03. The molecule has 5 nitrogen and oxygen atoms in total. The minimum Gasteiger partial charge on any atom is -0.496 e. The van der Waals surface area contributed by atoms with E-state index in [1.165, 1.54) is 6.21 Å². The Morgan fingerprint density at radius 3 is 2.44 bits per heavy atom. The number of hydrogen-bond donors (Lipinski definition) is 2. The summed E-state index contributed by atoms with van der Waals surface area (Å²) < 4.78 is 12.2. The summed E-state index contributed by atoms with van der Waals surface area (Å²) in [7, 11) is 3.27. The number of H-pyrrole nitrogens is 1. The summed E-state index contributed by atoms with van der Waals surface area (Å²) in [6, 6.07) is 10.0. The van der Waals surface area contributed by atoms with Crippen LogP contribution in [0.3, 0.4) is 0 Å². The van der Waals surface area contributed by atoms with Gasteiger partial charge in [0.05, 0.1) is 25.1 Å². The molecular weight excluding hydrogens is 384 g/mol. The third-order valence-corrected chi connectivity index (χ3v) is 4.77. The van der Waals surface area contributed by atoms with Gasteiger partial charge in [-0.05, 0) is 24.6 Å². The number of fused-ring (bicyclic) bond motifs is 1. The van der Waals surface area contributed by atoms with Crippen LogP contribution >= 0.6 is 15.9 Å². The van der Waals surface area contributed by atoms with Crippen LogP contribution in [0.25, 0.3) is 22.0 Å². The van der Waals surface area contributed by atoms with E-state index in [0.717, 1.165) is 43.5 Å². The molecule has 0 radical (unpaired) electrons. The summed E-state index contributed by atoms with van der Waals surface area (Å²) >= 11 is 3.48. The highest BCUT2D eigenvalue weighted by molar-refractivity contribution is 9.10. The van der Waals surface area contributed by atoms with Crippen molar-refractivity contribution >= 4 is 33.0 Å². The molecule has 1 aromatic heterocycles. The van der Waals surface area contributed by atoms with Crippen LogP contribution in [0, 0.1) is 6.92 Å². The first-order chi connectivity index (χ1) is 12.1. The maximum atomic E-state index is 8.82. The average molecular weight is 403 g/mol. The number of rotatable bonds is 5. The van der Waals surface area contributed by atoms with Gasteiger partial charge in [-0.3, -0.25) is 0 Å². The molecule has 2 N–H and O–H groups in total. The van der Waals surface area contributed by atoms with Gasteiger partial charge >= 0.3 is 0 Å². The number of nitrogens with one attached hydrogen (secondary N) is 1. The van der Waals surface area contributed by atoms with Crippen molar-refractivity contribution in [2.24, 2.45) is 5.16 Å². The lowest BCUT2D eigenvalue weighted by molar-refractivity contribution is 0.320. The number of oxime groups is 1. The predicted molar refractivity (Wildman–Crippen MR) is 103 cm³/mol. The van der Waals surface area contributed by atoms with Crippen molar-refractivity contribution < 1.29 is 14.7 Å². The summed E-state index contributed by atoms with van der Waals surface area (Å²) in [6.07, 6.45) is 1.89. The Bertz CT molecular complexity index is 930. The number of halogens is 1. The van der Waals surface area contributed by atoms with Crippen LogP contribution in [0.2, 0.25) is 0 Å². The van der Waals surface area contributed by atoms with Crippen molar-refractivity contribution in [1.82, 2.24) is 4.98 Å². The van der Waals surface area contributed by atoms with Gasteiger partial charge in [0.15, 0.2) is 0 Å². The second-order valence-electron chi connectivity index (χ2n) is 5.64. The molecule has 0 fully saturated rings. The lowest BCUT2D eigenvalue weighted by atomic mass is 9.99. The molecule has 0 unspecified atom stereocenters. The van der Waals surface area contributed by atoms with Gasteiger partial charge in [0.2, 0.25) is 0 Å². The largest absolute Gasteiger partial charge is 0.496 e. The second-order valence-corrected chi connectivity index (χ2v) is 6.56. The highest BCUT2D eigenvalue weighted by atomic mass is 79.9. The fraction of sp³-hybridized carbons (Fsp3) is 0.211. The van der Waals surface area contributed by atoms with Crippen LogP contribution in [0.4, 0.5) is 0 Å². The zero-order valence-corrected chi connectivity index (χ0v) is 15.8. The third kappa shape index (κ3) is 3.09. The van der Waals surface area contributed by atoms with Gasteiger partial charge in [0.25, 0.3) is 0 Å². The zero-order chi connectivity index (χ0) is 18.0. The smallest absolute Gasteiger partial charge is 0.132 e. The molecule has 0 spiro atoms. The minimum atomic E-state index is 0.444. The standard InChI is InChI=1S/C19H19BrN2O3/c1-11-17(12-4-6-13(20)7-5-12)18-16(25-3)10-15(24-2)14(8-9-21-23)19(18)22-11/h4-7,9-10,22-23H,8H2,1-3H3/b21-9-. The van der Waals surface area contributed by atoms with Crippen LogP contribution in [-0.2, 0) is 6.42 Å². The van der Waals surface area contributed by atoms with Crippen molar-refractivity contribution in [3.05, 3.63) is 46.1 Å². The molecule has 0 amide bonds. The highest BCUT2D eigenvalue weighted by Gasteiger charge is 2.20. The van der Waals surface area contributed by atoms with Crippen molar-refractivity contribution in [2.45, 2.75) is 13.3 Å². The lowest BCUT2D eigenvalue weighted by Gasteiger charge is -2.13. The average Bonchev–Trinajstić information content (AvgIpc) is 2.97. The SMILES string of the molecule is COc1cc(OC)c2c(-c3ccc(Br)cc3)c(C)[nH]c2c1C/C=N\O. The monoisotopic (exact) mass is 402 g/mol. The number of aryl methyl sites for hydroxylation is 1. The van der Waals surface area contributed by atoms with Gasteiger partial charge in [0.1, 0.15) is 11.5 Å². The molecule has 25 heavy (non-hydrogen) atoms. The first-order valence-electron chi connectivity index (χ1n) is 7.78. The molecule has 130 valence electrons. The van der Waals surface area contributed by atoms with Gasteiger partial charge in [0, 0.05) is 40.0 Å². The van der Waals surface area contributed by atoms with E-state index < -0.39 is 0 Å². The van der Waals surface area contributed by atoms with E-state index in [4.69, 9.17) is 14.7 Å². The van der Waals surface area contributed by atoms with E-state index in [1.807, 2.05) is 25.1 Å². The maximum absolute atomic E-state index is 8.82. The summed E-state index contributed by atoms with van der Waals surface area (Å²) in [5.74, 6) is 1.42. The third-order valence-electron chi connectivity index (χ3n) is 4.25. The molecule has 0 saturated heterocycles. The molecule has 0 aliphatic heterocycles. The van der Waals surface area contributed by atoms with E-state index >= 15 is 0 Å². The van der Waals surface area contributed by atoms with Crippen molar-refractivity contribution in [1.29, 1.82) is 0 Å². The molecule has 0 bridgehead atoms. The van der Waals surface area contributed by atoms with E-state index in [1.54, 1.807) is 14.2 Å². The molecule has 0 saturated carbocycles. The van der Waals surface area contributed by atoms with Crippen molar-refractivity contribution in [3.63, 3.8) is 0 Å². The lowest BCUT2D eigenvalue weighted by Crippen LogP contribution is -1.97. The van der Waals surface area contributed by atoms with Crippen LogP contribution < -0.4 is 9.47 Å². The fourth-order valence-electron chi connectivity index (χ4n) is 3.15. The Balaban J connectivity index is 2.35. The Morgan fingerprint density at radius 1 is 1.16 bits per heavy atom. The quantitative estimate of drug-likeness (QED) is 0.361. The number of benzene rings is 2. The number of aromatic amines is 1. The molecule has 1 heterocycles. The summed E-state index contributed by atoms with van der Waals surface area (Å²) in [5, 5.41) is 12.9. The first kappa shape index (κ1) is 17.4. The molecule has 0 aliphatic carbocycles. The van der Waals surface area contributed by atoms with Gasteiger partial charge in [-0.2, -0.15) is 0 Å². The molecule has 3 aromatic rings. The fourth-order valence-corrected chi connectivity index (χ4v) is 3.42. The number of methoxy groups -OCH3 is 2. The Hall–Kier alpha value is -2.47. The van der Waals surface area contributed by atoms with Crippen LogP contribution in [0.5, 0.6) is 11.5 Å². The first-order valence-corrected chi connectivity index (χ1v) is 8.58. The Morgan fingerprint density at radius 2 is 1.84 bits per heavy atom. The predicted octanol–water partition coefficient (Wildman–Crippen LogP) is 4.93. The van der Waals surface area contributed by atoms with Crippen LogP contribution in [-0.4, -0.2) is 30.6 Å². The molecule has 3 rings (SSSR count). The Labute approximate surface area is 154 Å². The van der Waals surface area contributed by atoms with Gasteiger partial charge in [-0.1, -0.05) is 28.1 Å². The van der Waals surface area contributed by atoms with E-state index in [0.29, 0.717) is 12.2 Å². The topological polar surface area (TPSA) is 66.8 Å².